The normalized spacial score (nSPS) is 29.8. The molecule has 16 heavy (non-hydrogen) atoms. The smallest absolute Gasteiger partial charge is 0.306 e. The van der Waals surface area contributed by atoms with Crippen LogP contribution in [0.1, 0.15) is 12.8 Å². The van der Waals surface area contributed by atoms with Gasteiger partial charge in [-0.25, -0.2) is 0 Å². The third-order valence-corrected chi connectivity index (χ3v) is 3.54. The first-order valence-corrected chi connectivity index (χ1v) is 8.69. The first-order chi connectivity index (χ1) is 7.33. The molecule has 0 aromatic rings. The van der Waals surface area contributed by atoms with Gasteiger partial charge < -0.3 is 9.53 Å². The van der Waals surface area contributed by atoms with Gasteiger partial charge in [-0.1, -0.05) is 5.11 Å². The van der Waals surface area contributed by atoms with Crippen LogP contribution in [0.15, 0.2) is 5.11 Å². The Balaban J connectivity index is 2.73. The summed E-state index contributed by atoms with van der Waals surface area (Å²) in [5.74, 6) is -1.28. The SMILES string of the molecule is C[Si](C)(C)O[C@H]1C[C@H](C(=O)O)C[C@@H]1N=[N+]=[N-]. The van der Waals surface area contributed by atoms with Gasteiger partial charge in [0, 0.05) is 4.91 Å². The predicted molar refractivity (Wildman–Crippen MR) is 61.5 cm³/mol. The Morgan fingerprint density at radius 3 is 2.56 bits per heavy atom. The van der Waals surface area contributed by atoms with Crippen LogP contribution in [-0.2, 0) is 9.22 Å². The van der Waals surface area contributed by atoms with E-state index in [2.05, 4.69) is 10.0 Å². The fourth-order valence-corrected chi connectivity index (χ4v) is 3.11. The minimum atomic E-state index is -1.73. The lowest BCUT2D eigenvalue weighted by Gasteiger charge is -2.25. The quantitative estimate of drug-likeness (QED) is 0.355. The van der Waals surface area contributed by atoms with Crippen molar-refractivity contribution in [2.24, 2.45) is 11.0 Å². The molecule has 0 aliphatic heterocycles. The largest absolute Gasteiger partial charge is 0.481 e. The van der Waals surface area contributed by atoms with Crippen molar-refractivity contribution in [2.45, 2.75) is 44.6 Å². The van der Waals surface area contributed by atoms with Gasteiger partial charge in [0.05, 0.1) is 18.1 Å². The molecule has 1 saturated carbocycles. The van der Waals surface area contributed by atoms with Crippen LogP contribution in [0.25, 0.3) is 10.4 Å². The highest BCUT2D eigenvalue weighted by atomic mass is 28.4. The molecule has 0 aromatic heterocycles. The summed E-state index contributed by atoms with van der Waals surface area (Å²) in [7, 11) is -1.73. The second kappa shape index (κ2) is 4.86. The van der Waals surface area contributed by atoms with Gasteiger partial charge in [0.1, 0.15) is 0 Å². The van der Waals surface area contributed by atoms with Crippen molar-refractivity contribution < 1.29 is 14.3 Å². The van der Waals surface area contributed by atoms with Crippen molar-refractivity contribution in [1.82, 2.24) is 0 Å². The van der Waals surface area contributed by atoms with Crippen LogP contribution in [-0.4, -0.2) is 31.5 Å². The number of carbonyl (C=O) groups is 1. The van der Waals surface area contributed by atoms with Crippen LogP contribution in [0.5, 0.6) is 0 Å². The van der Waals surface area contributed by atoms with Crippen molar-refractivity contribution >= 4 is 14.3 Å². The molecule has 1 aliphatic carbocycles. The molecule has 1 aliphatic rings. The molecule has 0 spiro atoms. The zero-order valence-electron chi connectivity index (χ0n) is 9.75. The number of hydrogen-bond acceptors (Lipinski definition) is 3. The Kier molecular flexibility index (Phi) is 3.96. The van der Waals surface area contributed by atoms with E-state index in [0.717, 1.165) is 0 Å². The van der Waals surface area contributed by atoms with Gasteiger partial charge in [-0.15, -0.1) is 0 Å². The van der Waals surface area contributed by atoms with Crippen LogP contribution < -0.4 is 0 Å². The molecule has 0 aromatic carbocycles. The van der Waals surface area contributed by atoms with Crippen molar-refractivity contribution in [3.05, 3.63) is 10.4 Å². The van der Waals surface area contributed by atoms with Crippen molar-refractivity contribution in [2.75, 3.05) is 0 Å². The summed E-state index contributed by atoms with van der Waals surface area (Å²) in [4.78, 5) is 13.6. The van der Waals surface area contributed by atoms with Gasteiger partial charge in [-0.2, -0.15) is 0 Å². The van der Waals surface area contributed by atoms with Gasteiger partial charge in [0.25, 0.3) is 0 Å². The summed E-state index contributed by atoms with van der Waals surface area (Å²) < 4.78 is 5.85. The summed E-state index contributed by atoms with van der Waals surface area (Å²) in [5, 5.41) is 12.6. The molecule has 3 atom stereocenters. The third-order valence-electron chi connectivity index (χ3n) is 2.53. The van der Waals surface area contributed by atoms with E-state index in [-0.39, 0.29) is 12.1 Å². The predicted octanol–water partition coefficient (Wildman–Crippen LogP) is 2.38. The average Bonchev–Trinajstić information content (AvgIpc) is 2.47. The minimum absolute atomic E-state index is 0.233. The maximum Gasteiger partial charge on any atom is 0.306 e. The number of azide groups is 1. The number of aliphatic carboxylic acids is 1. The van der Waals surface area contributed by atoms with Gasteiger partial charge >= 0.3 is 5.97 Å². The molecule has 0 unspecified atom stereocenters. The number of nitrogens with zero attached hydrogens (tertiary/aromatic N) is 3. The monoisotopic (exact) mass is 243 g/mol. The highest BCUT2D eigenvalue weighted by Gasteiger charge is 2.39. The molecule has 0 bridgehead atoms. The van der Waals surface area contributed by atoms with Crippen molar-refractivity contribution in [1.29, 1.82) is 0 Å². The Hall–Kier alpha value is -1.04. The van der Waals surface area contributed by atoms with Gasteiger partial charge in [-0.05, 0) is 38.0 Å². The summed E-state index contributed by atoms with van der Waals surface area (Å²) in [6, 6.07) is -0.335. The summed E-state index contributed by atoms with van der Waals surface area (Å²) in [6.07, 6.45) is 0.598. The molecule has 0 radical (unpaired) electrons. The Morgan fingerprint density at radius 1 is 1.50 bits per heavy atom. The molecule has 0 saturated heterocycles. The van der Waals surface area contributed by atoms with Crippen molar-refractivity contribution in [3.63, 3.8) is 0 Å². The van der Waals surface area contributed by atoms with E-state index in [1.807, 2.05) is 19.6 Å². The second-order valence-electron chi connectivity index (χ2n) is 5.05. The molecule has 7 heteroatoms. The number of hydrogen-bond donors (Lipinski definition) is 1. The zero-order valence-corrected chi connectivity index (χ0v) is 10.8. The van der Waals surface area contributed by atoms with Crippen molar-refractivity contribution in [3.8, 4) is 0 Å². The molecule has 1 rings (SSSR count). The number of carboxylic acids is 1. The lowest BCUT2D eigenvalue weighted by atomic mass is 10.1. The fourth-order valence-electron chi connectivity index (χ4n) is 1.95. The van der Waals surface area contributed by atoms with Crippen LogP contribution in [0.4, 0.5) is 0 Å². The van der Waals surface area contributed by atoms with Crippen LogP contribution in [0, 0.1) is 5.92 Å². The first kappa shape index (κ1) is 13.0. The van der Waals surface area contributed by atoms with E-state index in [9.17, 15) is 4.79 Å². The summed E-state index contributed by atoms with van der Waals surface area (Å²) in [5.41, 5.74) is 8.43. The molecular formula is C9H17N3O3Si. The molecule has 6 nitrogen and oxygen atoms in total. The van der Waals surface area contributed by atoms with Crippen LogP contribution in [0.2, 0.25) is 19.6 Å². The molecule has 1 N–H and O–H groups in total. The summed E-state index contributed by atoms with van der Waals surface area (Å²) >= 11 is 0. The molecule has 0 amide bonds. The molecular weight excluding hydrogens is 226 g/mol. The lowest BCUT2D eigenvalue weighted by Crippen LogP contribution is -2.35. The lowest BCUT2D eigenvalue weighted by molar-refractivity contribution is -0.141. The Morgan fingerprint density at radius 2 is 2.12 bits per heavy atom. The van der Waals surface area contributed by atoms with Gasteiger partial charge in [-0.3, -0.25) is 4.79 Å². The first-order valence-electron chi connectivity index (χ1n) is 5.28. The number of rotatable bonds is 4. The standard InChI is InChI=1S/C9H17N3O3Si/c1-16(2,3)15-8-5-6(9(13)14)4-7(8)11-12-10/h6-8H,4-5H2,1-3H3,(H,13,14)/t6-,7+,8+/m1/s1. The third kappa shape index (κ3) is 3.51. The van der Waals surface area contributed by atoms with E-state index >= 15 is 0 Å². The molecule has 90 valence electrons. The fraction of sp³-hybridized carbons (Fsp3) is 0.889. The van der Waals surface area contributed by atoms with E-state index < -0.39 is 20.2 Å². The van der Waals surface area contributed by atoms with E-state index in [4.69, 9.17) is 15.1 Å². The van der Waals surface area contributed by atoms with E-state index in [1.165, 1.54) is 0 Å². The average molecular weight is 243 g/mol. The van der Waals surface area contributed by atoms with Crippen LogP contribution in [0.3, 0.4) is 0 Å². The maximum atomic E-state index is 10.9. The van der Waals surface area contributed by atoms with Gasteiger partial charge in [0.2, 0.25) is 0 Å². The van der Waals surface area contributed by atoms with Crippen LogP contribution >= 0.6 is 0 Å². The second-order valence-corrected chi connectivity index (χ2v) is 9.51. The van der Waals surface area contributed by atoms with E-state index in [0.29, 0.717) is 12.8 Å². The topological polar surface area (TPSA) is 95.3 Å². The maximum absolute atomic E-state index is 10.9. The highest BCUT2D eigenvalue weighted by molar-refractivity contribution is 6.69. The molecule has 0 heterocycles. The zero-order chi connectivity index (χ0) is 12.3. The molecule has 1 fully saturated rings. The Bertz CT molecular complexity index is 322. The number of carboxylic acid groups (broad SMARTS) is 1. The highest BCUT2D eigenvalue weighted by Crippen LogP contribution is 2.32. The Labute approximate surface area is 95.4 Å². The minimum Gasteiger partial charge on any atom is -0.481 e. The summed E-state index contributed by atoms with van der Waals surface area (Å²) in [6.45, 7) is 6.11. The van der Waals surface area contributed by atoms with Gasteiger partial charge in [0.15, 0.2) is 8.32 Å². The van der Waals surface area contributed by atoms with E-state index in [1.54, 1.807) is 0 Å².